The van der Waals surface area contributed by atoms with Gasteiger partial charge in [-0.3, -0.25) is 0 Å². The van der Waals surface area contributed by atoms with E-state index in [2.05, 4.69) is 22.0 Å². The Morgan fingerprint density at radius 1 is 1.33 bits per heavy atom. The van der Waals surface area contributed by atoms with Crippen molar-refractivity contribution in [3.63, 3.8) is 0 Å². The Kier molecular flexibility index (Phi) is 3.62. The van der Waals surface area contributed by atoms with Crippen LogP contribution in [0.3, 0.4) is 0 Å². The topological polar surface area (TPSA) is 92.8 Å². The molecule has 0 radical (unpaired) electrons. The Morgan fingerprint density at radius 2 is 2.14 bits per heavy atom. The number of hydrogen-bond acceptors (Lipinski definition) is 4. The van der Waals surface area contributed by atoms with Crippen molar-refractivity contribution in [2.45, 2.75) is 26.3 Å². The van der Waals surface area contributed by atoms with Crippen LogP contribution < -0.4 is 5.73 Å². The third-order valence-electron chi connectivity index (χ3n) is 3.49. The van der Waals surface area contributed by atoms with E-state index in [4.69, 9.17) is 10.8 Å². The van der Waals surface area contributed by atoms with Crippen LogP contribution in [0.2, 0.25) is 0 Å². The van der Waals surface area contributed by atoms with Crippen LogP contribution in [-0.4, -0.2) is 31.5 Å². The number of para-hydroxylation sites is 2. The highest BCUT2D eigenvalue weighted by molar-refractivity contribution is 5.82. The summed E-state index contributed by atoms with van der Waals surface area (Å²) in [6.07, 6.45) is 1.80. The van der Waals surface area contributed by atoms with E-state index in [0.717, 1.165) is 41.0 Å². The number of fused-ring (bicyclic) bond motifs is 1. The van der Waals surface area contributed by atoms with Gasteiger partial charge in [0.1, 0.15) is 11.6 Å². The number of rotatable bonds is 5. The van der Waals surface area contributed by atoms with Gasteiger partial charge in [-0.1, -0.05) is 25.5 Å². The number of imidazole rings is 1. The molecule has 0 saturated carbocycles. The largest absolute Gasteiger partial charge is 0.394 e. The molecule has 6 nitrogen and oxygen atoms in total. The van der Waals surface area contributed by atoms with E-state index in [0.29, 0.717) is 12.4 Å². The molecule has 0 aliphatic heterocycles. The summed E-state index contributed by atoms with van der Waals surface area (Å²) < 4.78 is 1.65. The maximum Gasteiger partial charge on any atom is 0.144 e. The maximum atomic E-state index is 9.12. The van der Waals surface area contributed by atoms with Crippen molar-refractivity contribution in [2.24, 2.45) is 0 Å². The summed E-state index contributed by atoms with van der Waals surface area (Å²) in [6.45, 7) is 2.50. The fraction of sp³-hybridized carbons (Fsp3) is 0.333. The first-order valence-electron chi connectivity index (χ1n) is 7.15. The molecule has 0 aliphatic rings. The molecule has 2 aromatic heterocycles. The lowest BCUT2D eigenvalue weighted by Gasteiger charge is -2.01. The van der Waals surface area contributed by atoms with Crippen LogP contribution in [0, 0.1) is 0 Å². The summed E-state index contributed by atoms with van der Waals surface area (Å²) in [4.78, 5) is 7.91. The molecule has 3 rings (SSSR count). The Labute approximate surface area is 122 Å². The Morgan fingerprint density at radius 3 is 2.86 bits per heavy atom. The van der Waals surface area contributed by atoms with Crippen LogP contribution in [0.25, 0.3) is 22.4 Å². The molecule has 0 atom stereocenters. The summed E-state index contributed by atoms with van der Waals surface area (Å²) in [6, 6.07) is 7.87. The van der Waals surface area contributed by atoms with Crippen LogP contribution in [0.4, 0.5) is 5.82 Å². The Balaban J connectivity index is 2.14. The number of nitrogens with zero attached hydrogens (tertiary/aromatic N) is 3. The van der Waals surface area contributed by atoms with Crippen molar-refractivity contribution < 1.29 is 5.11 Å². The Hall–Kier alpha value is -2.34. The monoisotopic (exact) mass is 285 g/mol. The molecule has 0 spiro atoms. The molecule has 4 N–H and O–H groups in total. The number of aryl methyl sites for hydroxylation is 1. The molecule has 0 fully saturated rings. The minimum atomic E-state index is 0.0109. The third kappa shape index (κ3) is 2.38. The molecule has 1 aromatic carbocycles. The van der Waals surface area contributed by atoms with E-state index in [1.807, 2.05) is 24.3 Å². The van der Waals surface area contributed by atoms with Gasteiger partial charge in [0.25, 0.3) is 0 Å². The number of nitrogens with two attached hydrogens (primary N) is 1. The molecule has 0 unspecified atom stereocenters. The second-order valence-corrected chi connectivity index (χ2v) is 5.01. The van der Waals surface area contributed by atoms with Crippen LogP contribution in [0.5, 0.6) is 0 Å². The predicted octanol–water partition coefficient (Wildman–Crippen LogP) is 1.95. The number of hydrogen-bond donors (Lipinski definition) is 3. The highest BCUT2D eigenvalue weighted by atomic mass is 16.3. The zero-order chi connectivity index (χ0) is 14.8. The van der Waals surface area contributed by atoms with E-state index in [-0.39, 0.29) is 6.61 Å². The van der Waals surface area contributed by atoms with Crippen LogP contribution >= 0.6 is 0 Å². The smallest absolute Gasteiger partial charge is 0.144 e. The van der Waals surface area contributed by atoms with Gasteiger partial charge in [0.05, 0.1) is 35.4 Å². The average Bonchev–Trinajstić information content (AvgIpc) is 3.01. The van der Waals surface area contributed by atoms with Crippen molar-refractivity contribution in [1.82, 2.24) is 19.7 Å². The van der Waals surface area contributed by atoms with Gasteiger partial charge in [-0.15, -0.1) is 0 Å². The van der Waals surface area contributed by atoms with E-state index in [9.17, 15) is 0 Å². The number of nitrogens with one attached hydrogen (secondary N) is 1. The number of aliphatic hydroxyl groups is 1. The van der Waals surface area contributed by atoms with Crippen molar-refractivity contribution in [3.05, 3.63) is 30.0 Å². The molecule has 6 heteroatoms. The zero-order valence-electron chi connectivity index (χ0n) is 12.0. The van der Waals surface area contributed by atoms with Gasteiger partial charge in [0, 0.05) is 0 Å². The second kappa shape index (κ2) is 5.57. The van der Waals surface area contributed by atoms with Gasteiger partial charge in [-0.05, 0) is 18.6 Å². The normalized spacial score (nSPS) is 11.3. The molecule has 0 aliphatic carbocycles. The number of nitrogen functional groups attached to an aromatic ring is 1. The van der Waals surface area contributed by atoms with E-state index in [1.54, 1.807) is 4.68 Å². The number of aliphatic hydroxyl groups excluding tert-OH is 1. The van der Waals surface area contributed by atoms with Gasteiger partial charge in [-0.2, -0.15) is 5.10 Å². The van der Waals surface area contributed by atoms with Gasteiger partial charge >= 0.3 is 0 Å². The summed E-state index contributed by atoms with van der Waals surface area (Å²) in [5.41, 5.74) is 9.85. The lowest BCUT2D eigenvalue weighted by atomic mass is 10.1. The van der Waals surface area contributed by atoms with Crippen molar-refractivity contribution >= 4 is 16.9 Å². The molecule has 0 bridgehead atoms. The molecule has 110 valence electrons. The minimum absolute atomic E-state index is 0.0109. The summed E-state index contributed by atoms with van der Waals surface area (Å²) in [5, 5.41) is 13.6. The van der Waals surface area contributed by atoms with Gasteiger partial charge in [0.15, 0.2) is 0 Å². The minimum Gasteiger partial charge on any atom is -0.394 e. The highest BCUT2D eigenvalue weighted by Crippen LogP contribution is 2.30. The number of aromatic nitrogens is 4. The number of H-pyrrole nitrogens is 1. The maximum absolute atomic E-state index is 9.12. The molecule has 3 aromatic rings. The number of anilines is 1. The van der Waals surface area contributed by atoms with Crippen molar-refractivity contribution in [3.8, 4) is 11.4 Å². The van der Waals surface area contributed by atoms with Crippen LogP contribution in [0.1, 0.15) is 19.0 Å². The van der Waals surface area contributed by atoms with Gasteiger partial charge in [0.2, 0.25) is 0 Å². The predicted molar refractivity (Wildman–Crippen MR) is 82.8 cm³/mol. The van der Waals surface area contributed by atoms with E-state index in [1.165, 1.54) is 0 Å². The molecule has 0 saturated heterocycles. The first-order valence-corrected chi connectivity index (χ1v) is 7.15. The first-order chi connectivity index (χ1) is 10.2. The van der Waals surface area contributed by atoms with Gasteiger partial charge in [-0.25, -0.2) is 9.67 Å². The molecular weight excluding hydrogens is 266 g/mol. The van der Waals surface area contributed by atoms with Crippen molar-refractivity contribution in [2.75, 3.05) is 12.3 Å². The summed E-state index contributed by atoms with van der Waals surface area (Å²) in [5.74, 6) is 1.29. The van der Waals surface area contributed by atoms with Crippen LogP contribution in [0.15, 0.2) is 24.3 Å². The van der Waals surface area contributed by atoms with Crippen LogP contribution in [-0.2, 0) is 13.0 Å². The van der Waals surface area contributed by atoms with E-state index >= 15 is 0 Å². The number of aromatic amines is 1. The molecular formula is C15H19N5O. The molecule has 21 heavy (non-hydrogen) atoms. The average molecular weight is 285 g/mol. The van der Waals surface area contributed by atoms with Gasteiger partial charge < -0.3 is 15.8 Å². The molecule has 0 amide bonds. The first kappa shape index (κ1) is 13.6. The zero-order valence-corrected chi connectivity index (χ0v) is 12.0. The lowest BCUT2D eigenvalue weighted by molar-refractivity contribution is 0.270. The second-order valence-electron chi connectivity index (χ2n) is 5.01. The van der Waals surface area contributed by atoms with E-state index < -0.39 is 0 Å². The highest BCUT2D eigenvalue weighted by Gasteiger charge is 2.19. The fourth-order valence-corrected chi connectivity index (χ4v) is 2.53. The lowest BCUT2D eigenvalue weighted by Crippen LogP contribution is -2.08. The summed E-state index contributed by atoms with van der Waals surface area (Å²) >= 11 is 0. The number of benzene rings is 1. The quantitative estimate of drug-likeness (QED) is 0.668. The third-order valence-corrected chi connectivity index (χ3v) is 3.49. The SMILES string of the molecule is CCCc1nn(CCO)c(N)c1-c1nc2ccccc2[nH]1. The van der Waals surface area contributed by atoms with Crippen molar-refractivity contribution in [1.29, 1.82) is 0 Å². The summed E-state index contributed by atoms with van der Waals surface area (Å²) in [7, 11) is 0. The fourth-order valence-electron chi connectivity index (χ4n) is 2.53. The molecule has 2 heterocycles. The Bertz CT molecular complexity index is 726. The standard InChI is InChI=1S/C15H19N5O/c1-2-5-12-13(14(16)20(19-12)8-9-21)15-17-10-6-3-4-7-11(10)18-15/h3-4,6-7,21H,2,5,8-9,16H2,1H3,(H,17,18).